The Kier molecular flexibility index (Phi) is 7.25. The summed E-state index contributed by atoms with van der Waals surface area (Å²) in [6.45, 7) is 7.52. The van der Waals surface area contributed by atoms with Crippen molar-refractivity contribution in [2.75, 3.05) is 20.6 Å². The highest BCUT2D eigenvalue weighted by Gasteiger charge is 2.23. The van der Waals surface area contributed by atoms with Gasteiger partial charge in [0, 0.05) is 5.92 Å². The van der Waals surface area contributed by atoms with Gasteiger partial charge in [-0.15, -0.1) is 12.4 Å². The third-order valence-corrected chi connectivity index (χ3v) is 3.58. The summed E-state index contributed by atoms with van der Waals surface area (Å²) in [5.41, 5.74) is 8.35. The fraction of sp³-hybridized carbons (Fsp3) is 0.562. The Morgan fingerprint density at radius 3 is 2.05 bits per heavy atom. The molecule has 0 aliphatic carbocycles. The molecule has 20 heavy (non-hydrogen) atoms. The van der Waals surface area contributed by atoms with Gasteiger partial charge in [-0.1, -0.05) is 45.0 Å². The summed E-state index contributed by atoms with van der Waals surface area (Å²) in [5, 5.41) is 7.61. The summed E-state index contributed by atoms with van der Waals surface area (Å²) in [6.07, 6.45) is 1.13. The second-order valence-electron chi connectivity index (χ2n) is 6.49. The predicted octanol–water partition coefficient (Wildman–Crippen LogP) is 3.38. The molecule has 0 fully saturated rings. The van der Waals surface area contributed by atoms with Crippen LogP contribution in [-0.4, -0.2) is 31.1 Å². The lowest BCUT2D eigenvalue weighted by molar-refractivity contribution is -0.803. The van der Waals surface area contributed by atoms with Crippen molar-refractivity contribution in [3.05, 3.63) is 35.4 Å². The number of nitrogens with one attached hydrogen (secondary N) is 1. The normalized spacial score (nSPS) is 12.9. The second-order valence-corrected chi connectivity index (χ2v) is 6.49. The van der Waals surface area contributed by atoms with Crippen LogP contribution in [-0.2, 0) is 6.42 Å². The molecule has 1 rings (SSSR count). The first-order valence-electron chi connectivity index (χ1n) is 6.99. The Labute approximate surface area is 129 Å². The van der Waals surface area contributed by atoms with Crippen LogP contribution in [0, 0.1) is 11.3 Å². The van der Waals surface area contributed by atoms with Gasteiger partial charge in [-0.25, -0.2) is 5.41 Å². The molecule has 0 spiro atoms. The van der Waals surface area contributed by atoms with E-state index in [4.69, 9.17) is 11.1 Å². The molecule has 0 bridgehead atoms. The molecule has 0 aliphatic rings. The smallest absolute Gasteiger partial charge is 0.291 e. The minimum absolute atomic E-state index is 0. The van der Waals surface area contributed by atoms with Crippen LogP contribution in [0.2, 0.25) is 0 Å². The number of benzene rings is 1. The molecule has 114 valence electrons. The zero-order valence-corrected chi connectivity index (χ0v) is 14.1. The van der Waals surface area contributed by atoms with E-state index in [2.05, 4.69) is 45.0 Å². The number of nitrogens with two attached hydrogens (primary N) is 1. The zero-order chi connectivity index (χ0) is 14.6. The molecule has 1 aromatic rings. The largest absolute Gasteiger partial charge is 0.338 e. The predicted molar refractivity (Wildman–Crippen MR) is 89.5 cm³/mol. The number of likely N-dealkylation sites (N-methyl/N-ethyl adjacent to an activating group) is 1. The highest BCUT2D eigenvalue weighted by Crippen LogP contribution is 2.20. The van der Waals surface area contributed by atoms with E-state index in [9.17, 15) is 0 Å². The summed E-state index contributed by atoms with van der Waals surface area (Å²) in [5.74, 6) is 1.30. The molecule has 0 aromatic heterocycles. The summed E-state index contributed by atoms with van der Waals surface area (Å²) < 4.78 is 0.439. The Bertz CT molecular complexity index is 424. The van der Waals surface area contributed by atoms with Crippen LogP contribution in [0.1, 0.15) is 37.8 Å². The number of hydrogen-bond acceptors (Lipinski definition) is 1. The maximum Gasteiger partial charge on any atom is 0.291 e. The molecule has 3 N–H and O–H groups in total. The second kappa shape index (κ2) is 7.65. The first kappa shape index (κ1) is 18.9. The van der Waals surface area contributed by atoms with Gasteiger partial charge in [0.1, 0.15) is 0 Å². The van der Waals surface area contributed by atoms with Crippen molar-refractivity contribution in [1.29, 1.82) is 5.41 Å². The quantitative estimate of drug-likeness (QED) is 0.489. The summed E-state index contributed by atoms with van der Waals surface area (Å²) >= 11 is 0. The van der Waals surface area contributed by atoms with Gasteiger partial charge in [-0.05, 0) is 23.5 Å². The fourth-order valence-corrected chi connectivity index (χ4v) is 2.34. The maximum absolute atomic E-state index is 7.61. The lowest BCUT2D eigenvalue weighted by Crippen LogP contribution is -2.51. The monoisotopic (exact) mass is 298 g/mol. The van der Waals surface area contributed by atoms with Crippen LogP contribution >= 0.6 is 12.4 Å². The van der Waals surface area contributed by atoms with E-state index in [1.807, 2.05) is 14.1 Å². The van der Waals surface area contributed by atoms with Crippen LogP contribution in [0.3, 0.4) is 0 Å². The van der Waals surface area contributed by atoms with Crippen LogP contribution < -0.4 is 5.73 Å². The van der Waals surface area contributed by atoms with Gasteiger partial charge in [-0.3, -0.25) is 4.48 Å². The Morgan fingerprint density at radius 2 is 1.65 bits per heavy atom. The lowest BCUT2D eigenvalue weighted by Gasteiger charge is -2.29. The third-order valence-electron chi connectivity index (χ3n) is 3.58. The molecular weight excluding hydrogens is 270 g/mol. The number of guanidine groups is 1. The Hall–Kier alpha value is -1.06. The summed E-state index contributed by atoms with van der Waals surface area (Å²) in [4.78, 5) is 0. The van der Waals surface area contributed by atoms with Gasteiger partial charge < -0.3 is 5.73 Å². The van der Waals surface area contributed by atoms with E-state index in [1.165, 1.54) is 11.1 Å². The molecule has 0 heterocycles. The van der Waals surface area contributed by atoms with Gasteiger partial charge in [0.25, 0.3) is 5.96 Å². The van der Waals surface area contributed by atoms with Crippen molar-refractivity contribution in [3.63, 3.8) is 0 Å². The van der Waals surface area contributed by atoms with Gasteiger partial charge in [0.2, 0.25) is 0 Å². The van der Waals surface area contributed by atoms with Crippen molar-refractivity contribution in [2.45, 2.75) is 33.1 Å². The molecule has 0 amide bonds. The van der Waals surface area contributed by atoms with Crippen molar-refractivity contribution in [3.8, 4) is 0 Å². The molecule has 1 unspecified atom stereocenters. The van der Waals surface area contributed by atoms with E-state index in [-0.39, 0.29) is 18.4 Å². The van der Waals surface area contributed by atoms with E-state index >= 15 is 0 Å². The SMILES string of the molecule is CC(C)Cc1ccc(C(C)C[N+](C)(C)C(=N)N)cc1.Cl. The number of rotatable bonds is 5. The molecule has 0 aliphatic heterocycles. The molecule has 0 saturated carbocycles. The van der Waals surface area contributed by atoms with Gasteiger partial charge in [0.05, 0.1) is 20.6 Å². The minimum atomic E-state index is 0. The first-order chi connectivity index (χ1) is 8.72. The van der Waals surface area contributed by atoms with Crippen LogP contribution in [0.15, 0.2) is 24.3 Å². The highest BCUT2D eigenvalue weighted by atomic mass is 35.5. The molecule has 3 nitrogen and oxygen atoms in total. The third kappa shape index (κ3) is 5.51. The first-order valence-corrected chi connectivity index (χ1v) is 6.99. The topological polar surface area (TPSA) is 49.9 Å². The highest BCUT2D eigenvalue weighted by molar-refractivity contribution is 5.85. The number of quaternary nitrogens is 1. The average molecular weight is 299 g/mol. The van der Waals surface area contributed by atoms with E-state index in [0.717, 1.165) is 13.0 Å². The van der Waals surface area contributed by atoms with E-state index in [0.29, 0.717) is 16.3 Å². The van der Waals surface area contributed by atoms with Gasteiger partial charge in [-0.2, -0.15) is 0 Å². The Morgan fingerprint density at radius 1 is 1.15 bits per heavy atom. The lowest BCUT2D eigenvalue weighted by atomic mass is 9.96. The van der Waals surface area contributed by atoms with Crippen LogP contribution in [0.25, 0.3) is 0 Å². The molecule has 1 atom stereocenters. The van der Waals surface area contributed by atoms with Crippen molar-refractivity contribution < 1.29 is 4.48 Å². The molecular formula is C16H29ClN3+. The fourth-order valence-electron chi connectivity index (χ4n) is 2.34. The molecule has 4 heteroatoms. The van der Waals surface area contributed by atoms with Crippen LogP contribution in [0.4, 0.5) is 0 Å². The minimum Gasteiger partial charge on any atom is -0.338 e. The Balaban J connectivity index is 0.00000361. The van der Waals surface area contributed by atoms with Crippen molar-refractivity contribution in [1.82, 2.24) is 0 Å². The standard InChI is InChI=1S/C16H28N3.ClH/c1-12(2)10-14-6-8-15(9-7-14)13(3)11-19(4,5)16(17)18;/h6-9,12-13H,10-11H2,1-5H3,(H3,17,18);1H/q+1;. The molecule has 1 aromatic carbocycles. The number of halogens is 1. The van der Waals surface area contributed by atoms with E-state index in [1.54, 1.807) is 0 Å². The molecule has 0 saturated heterocycles. The van der Waals surface area contributed by atoms with Gasteiger partial charge >= 0.3 is 0 Å². The van der Waals surface area contributed by atoms with Crippen molar-refractivity contribution >= 4 is 18.4 Å². The summed E-state index contributed by atoms with van der Waals surface area (Å²) in [7, 11) is 3.96. The number of nitrogens with zero attached hydrogens (tertiary/aromatic N) is 1. The van der Waals surface area contributed by atoms with Crippen molar-refractivity contribution in [2.24, 2.45) is 11.7 Å². The van der Waals surface area contributed by atoms with E-state index < -0.39 is 0 Å². The summed E-state index contributed by atoms with van der Waals surface area (Å²) in [6, 6.07) is 8.87. The maximum atomic E-state index is 7.61. The number of hydrogen-bond donors (Lipinski definition) is 2. The average Bonchev–Trinajstić information content (AvgIpc) is 2.28. The van der Waals surface area contributed by atoms with Gasteiger partial charge in [0.15, 0.2) is 0 Å². The van der Waals surface area contributed by atoms with Crippen LogP contribution in [0.5, 0.6) is 0 Å². The zero-order valence-electron chi connectivity index (χ0n) is 13.3. The molecule has 0 radical (unpaired) electrons.